The Bertz CT molecular complexity index is 366. The first-order valence-corrected chi connectivity index (χ1v) is 8.26. The number of aliphatic hydroxyl groups is 1. The molecule has 0 aliphatic rings. The Morgan fingerprint density at radius 3 is 2.43 bits per heavy atom. The Balaban J connectivity index is 3.07. The molecule has 0 spiro atoms. The molecular formula is C12H16OSi. The smallest absolute Gasteiger partial charge is 0.107 e. The molecule has 0 heterocycles. The van der Waals surface area contributed by atoms with E-state index in [2.05, 4.69) is 43.8 Å². The van der Waals surface area contributed by atoms with E-state index in [1.54, 1.807) is 0 Å². The van der Waals surface area contributed by atoms with Crippen LogP contribution in [0.4, 0.5) is 0 Å². The van der Waals surface area contributed by atoms with Crippen LogP contribution in [0.2, 0.25) is 19.6 Å². The number of rotatable bonds is 2. The van der Waals surface area contributed by atoms with Gasteiger partial charge in [-0.2, -0.15) is 0 Å². The minimum absolute atomic E-state index is 0.650. The highest BCUT2D eigenvalue weighted by Crippen LogP contribution is 2.07. The molecule has 2 heteroatoms. The predicted molar refractivity (Wildman–Crippen MR) is 62.8 cm³/mol. The number of hydrogen-bond acceptors (Lipinski definition) is 1. The van der Waals surface area contributed by atoms with Crippen LogP contribution in [0.15, 0.2) is 24.3 Å². The summed E-state index contributed by atoms with van der Waals surface area (Å²) < 4.78 is 0. The summed E-state index contributed by atoms with van der Waals surface area (Å²) in [5.74, 6) is 2.70. The first-order chi connectivity index (χ1) is 6.55. The molecule has 0 aliphatic heterocycles. The van der Waals surface area contributed by atoms with E-state index in [0.717, 1.165) is 0 Å². The molecule has 0 bridgehead atoms. The van der Waals surface area contributed by atoms with Gasteiger partial charge in [-0.3, -0.25) is 0 Å². The molecule has 0 fully saturated rings. The maximum absolute atomic E-state index is 8.47. The molecule has 1 nitrogen and oxygen atoms in total. The van der Waals surface area contributed by atoms with Gasteiger partial charge in [-0.15, -0.1) is 0 Å². The Hall–Kier alpha value is -1.20. The van der Waals surface area contributed by atoms with Crippen LogP contribution in [0.3, 0.4) is 0 Å². The van der Waals surface area contributed by atoms with Gasteiger partial charge in [-0.25, -0.2) is 0 Å². The van der Waals surface area contributed by atoms with Gasteiger partial charge in [0, 0.05) is 6.42 Å². The lowest BCUT2D eigenvalue weighted by molar-refractivity contribution is 0.516. The molecule has 74 valence electrons. The van der Waals surface area contributed by atoms with Crippen molar-refractivity contribution in [2.75, 3.05) is 0 Å². The average Bonchev–Trinajstić information content (AvgIpc) is 2.14. The Morgan fingerprint density at radius 1 is 1.21 bits per heavy atom. The largest absolute Gasteiger partial charge is 0.462 e. The zero-order valence-electron chi connectivity index (χ0n) is 8.96. The molecule has 1 rings (SSSR count). The maximum atomic E-state index is 8.47. The Kier molecular flexibility index (Phi) is 3.37. The third-order valence-electron chi connectivity index (χ3n) is 2.18. The molecule has 0 unspecified atom stereocenters. The summed E-state index contributed by atoms with van der Waals surface area (Å²) in [5.41, 5.74) is 1.26. The highest BCUT2D eigenvalue weighted by Gasteiger charge is 2.18. The molecule has 0 atom stereocenters. The van der Waals surface area contributed by atoms with Crippen molar-refractivity contribution in [1.29, 1.82) is 0 Å². The van der Waals surface area contributed by atoms with Gasteiger partial charge in [0.25, 0.3) is 0 Å². The highest BCUT2D eigenvalue weighted by molar-refractivity contribution is 6.89. The number of hydrogen-bond donors (Lipinski definition) is 1. The van der Waals surface area contributed by atoms with Crippen molar-refractivity contribution in [2.24, 2.45) is 0 Å². The molecule has 1 aromatic carbocycles. The van der Waals surface area contributed by atoms with Crippen molar-refractivity contribution in [3.8, 4) is 12.0 Å². The zero-order valence-corrected chi connectivity index (χ0v) is 9.96. The molecule has 0 aromatic heterocycles. The normalized spacial score (nSPS) is 10.5. The van der Waals surface area contributed by atoms with E-state index in [4.69, 9.17) is 5.11 Å². The fraction of sp³-hybridized carbons (Fsp3) is 0.333. The minimum Gasteiger partial charge on any atom is -0.462 e. The fourth-order valence-electron chi connectivity index (χ4n) is 1.54. The van der Waals surface area contributed by atoms with Crippen molar-refractivity contribution < 1.29 is 5.11 Å². The average molecular weight is 204 g/mol. The summed E-state index contributed by atoms with van der Waals surface area (Å²) in [7, 11) is -1.28. The molecular weight excluding hydrogens is 188 g/mol. The van der Waals surface area contributed by atoms with E-state index in [9.17, 15) is 0 Å². The van der Waals surface area contributed by atoms with Gasteiger partial charge >= 0.3 is 0 Å². The highest BCUT2D eigenvalue weighted by atomic mass is 28.3. The number of aliphatic hydroxyl groups excluding tert-OH is 1. The molecule has 0 saturated carbocycles. The lowest BCUT2D eigenvalue weighted by Gasteiger charge is -2.19. The van der Waals surface area contributed by atoms with Crippen molar-refractivity contribution in [3.05, 3.63) is 29.8 Å². The predicted octanol–water partition coefficient (Wildman–Crippen LogP) is 2.11. The van der Waals surface area contributed by atoms with Gasteiger partial charge in [-0.05, 0) is 5.56 Å². The van der Waals surface area contributed by atoms with E-state index in [1.165, 1.54) is 10.8 Å². The third-order valence-corrected chi connectivity index (χ3v) is 4.29. The zero-order chi connectivity index (χ0) is 10.6. The van der Waals surface area contributed by atoms with Gasteiger partial charge in [0.1, 0.15) is 6.11 Å². The minimum atomic E-state index is -1.28. The first-order valence-electron chi connectivity index (χ1n) is 4.76. The fourth-order valence-corrected chi connectivity index (χ4v) is 3.27. The van der Waals surface area contributed by atoms with Crippen LogP contribution < -0.4 is 5.19 Å². The van der Waals surface area contributed by atoms with Gasteiger partial charge in [0.2, 0.25) is 0 Å². The molecule has 1 aromatic rings. The first kappa shape index (κ1) is 10.9. The lowest BCUT2D eigenvalue weighted by Crippen LogP contribution is -2.39. The van der Waals surface area contributed by atoms with Crippen LogP contribution in [-0.4, -0.2) is 13.2 Å². The molecule has 0 aliphatic carbocycles. The van der Waals surface area contributed by atoms with Crippen molar-refractivity contribution in [2.45, 2.75) is 26.1 Å². The Morgan fingerprint density at radius 2 is 1.86 bits per heavy atom. The van der Waals surface area contributed by atoms with Crippen LogP contribution >= 0.6 is 0 Å². The van der Waals surface area contributed by atoms with Crippen LogP contribution in [0.1, 0.15) is 5.56 Å². The number of benzene rings is 1. The molecule has 0 amide bonds. The quantitative estimate of drug-likeness (QED) is 0.578. The second-order valence-corrected chi connectivity index (χ2v) is 9.41. The molecule has 1 N–H and O–H groups in total. The summed E-state index contributed by atoms with van der Waals surface area (Å²) in [6.45, 7) is 6.95. The van der Waals surface area contributed by atoms with E-state index < -0.39 is 8.07 Å². The van der Waals surface area contributed by atoms with Crippen LogP contribution in [0.5, 0.6) is 0 Å². The van der Waals surface area contributed by atoms with Crippen LogP contribution in [-0.2, 0) is 6.42 Å². The van der Waals surface area contributed by atoms with Crippen molar-refractivity contribution in [3.63, 3.8) is 0 Å². The van der Waals surface area contributed by atoms with E-state index in [0.29, 0.717) is 6.42 Å². The summed E-state index contributed by atoms with van der Waals surface area (Å²) >= 11 is 0. The van der Waals surface area contributed by atoms with Crippen molar-refractivity contribution in [1.82, 2.24) is 0 Å². The van der Waals surface area contributed by atoms with Crippen LogP contribution in [0, 0.1) is 12.0 Å². The molecule has 14 heavy (non-hydrogen) atoms. The third kappa shape index (κ3) is 2.64. The van der Waals surface area contributed by atoms with Gasteiger partial charge in [0.15, 0.2) is 0 Å². The summed E-state index contributed by atoms with van der Waals surface area (Å²) in [4.78, 5) is 0. The Labute approximate surface area is 86.8 Å². The summed E-state index contributed by atoms with van der Waals surface area (Å²) in [6, 6.07) is 8.38. The SMILES string of the molecule is C[Si](C)(C)c1ccccc1CC#CO. The molecule has 0 saturated heterocycles. The van der Waals surface area contributed by atoms with E-state index in [-0.39, 0.29) is 0 Å². The molecule has 0 radical (unpaired) electrons. The second kappa shape index (κ2) is 4.34. The topological polar surface area (TPSA) is 20.2 Å². The monoisotopic (exact) mass is 204 g/mol. The van der Waals surface area contributed by atoms with E-state index in [1.807, 2.05) is 12.2 Å². The maximum Gasteiger partial charge on any atom is 0.107 e. The van der Waals surface area contributed by atoms with Crippen molar-refractivity contribution >= 4 is 13.3 Å². The lowest BCUT2D eigenvalue weighted by atomic mass is 10.2. The second-order valence-electron chi connectivity index (χ2n) is 4.37. The standard InChI is InChI=1S/C12H16OSi/c1-14(2,3)12-9-5-4-7-11(12)8-6-10-13/h4-5,7,9,13H,8H2,1-3H3. The van der Waals surface area contributed by atoms with Gasteiger partial charge < -0.3 is 5.11 Å². The summed E-state index contributed by atoms with van der Waals surface area (Å²) in [5, 5.41) is 9.90. The van der Waals surface area contributed by atoms with Gasteiger partial charge in [-0.1, -0.05) is 55.0 Å². The van der Waals surface area contributed by atoms with E-state index >= 15 is 0 Å². The summed E-state index contributed by atoms with van der Waals surface area (Å²) in [6.07, 6.45) is 2.61. The van der Waals surface area contributed by atoms with Gasteiger partial charge in [0.05, 0.1) is 8.07 Å². The van der Waals surface area contributed by atoms with Crippen LogP contribution in [0.25, 0.3) is 0 Å².